The van der Waals surface area contributed by atoms with Gasteiger partial charge in [-0.25, -0.2) is 14.0 Å². The molecule has 0 saturated heterocycles. The van der Waals surface area contributed by atoms with E-state index in [2.05, 4.69) is 4.98 Å². The Labute approximate surface area is 89.1 Å². The van der Waals surface area contributed by atoms with Crippen LogP contribution in [0.4, 0.5) is 0 Å². The Morgan fingerprint density at radius 2 is 2.00 bits per heavy atom. The number of nitrogens with one attached hydrogen (secondary N) is 1. The van der Waals surface area contributed by atoms with Gasteiger partial charge in [-0.05, 0) is 24.6 Å². The first kappa shape index (κ1) is 10.1. The SMILES string of the molecule is Cc1cc([S@](C)(=N)=O)nc2ccccc12. The molecule has 0 aliphatic carbocycles. The number of benzene rings is 1. The summed E-state index contributed by atoms with van der Waals surface area (Å²) in [5, 5.41) is 1.41. The lowest BCUT2D eigenvalue weighted by molar-refractivity contribution is 0.676. The smallest absolute Gasteiger partial charge is 0.136 e. The van der Waals surface area contributed by atoms with Crippen LogP contribution in [0.5, 0.6) is 0 Å². The summed E-state index contributed by atoms with van der Waals surface area (Å²) in [5.74, 6) is 0. The molecular weight excluding hydrogens is 208 g/mol. The van der Waals surface area contributed by atoms with Crippen molar-refractivity contribution in [3.63, 3.8) is 0 Å². The van der Waals surface area contributed by atoms with Crippen molar-refractivity contribution in [2.24, 2.45) is 0 Å². The second-order valence-corrected chi connectivity index (χ2v) is 5.74. The van der Waals surface area contributed by atoms with Gasteiger partial charge in [0, 0.05) is 11.6 Å². The summed E-state index contributed by atoms with van der Waals surface area (Å²) in [6.07, 6.45) is 1.39. The largest absolute Gasteiger partial charge is 0.248 e. The molecule has 0 aliphatic heterocycles. The molecule has 78 valence electrons. The maximum Gasteiger partial charge on any atom is 0.136 e. The normalized spacial score (nSPS) is 15.1. The van der Waals surface area contributed by atoms with E-state index in [1.165, 1.54) is 6.26 Å². The summed E-state index contributed by atoms with van der Waals surface area (Å²) >= 11 is 0. The van der Waals surface area contributed by atoms with Gasteiger partial charge in [-0.3, -0.25) is 0 Å². The number of nitrogens with zero attached hydrogens (tertiary/aromatic N) is 1. The molecule has 0 spiro atoms. The minimum Gasteiger partial charge on any atom is -0.248 e. The molecule has 1 N–H and O–H groups in total. The summed E-state index contributed by atoms with van der Waals surface area (Å²) in [6, 6.07) is 9.41. The van der Waals surface area contributed by atoms with Gasteiger partial charge in [0.1, 0.15) is 5.03 Å². The molecule has 1 aromatic heterocycles. The van der Waals surface area contributed by atoms with Crippen molar-refractivity contribution in [3.8, 4) is 0 Å². The Kier molecular flexibility index (Phi) is 2.23. The van der Waals surface area contributed by atoms with E-state index in [4.69, 9.17) is 4.78 Å². The lowest BCUT2D eigenvalue weighted by Gasteiger charge is -2.05. The van der Waals surface area contributed by atoms with Gasteiger partial charge in [0.05, 0.1) is 15.2 Å². The molecular formula is C11H12N2OS. The standard InChI is InChI=1S/C11H12N2OS/c1-8-7-11(15(2,12)14)13-10-6-4-3-5-9(8)10/h3-7,12H,1-2H3/t15-/m1/s1. The van der Waals surface area contributed by atoms with Crippen LogP contribution >= 0.6 is 0 Å². The third-order valence-corrected chi connectivity index (χ3v) is 3.31. The highest BCUT2D eigenvalue weighted by Crippen LogP contribution is 2.19. The monoisotopic (exact) mass is 220 g/mol. The molecule has 0 radical (unpaired) electrons. The molecule has 0 amide bonds. The number of pyridine rings is 1. The summed E-state index contributed by atoms with van der Waals surface area (Å²) in [7, 11) is -2.73. The molecule has 0 bridgehead atoms. The van der Waals surface area contributed by atoms with E-state index in [-0.39, 0.29) is 0 Å². The number of fused-ring (bicyclic) bond motifs is 1. The molecule has 15 heavy (non-hydrogen) atoms. The van der Waals surface area contributed by atoms with E-state index in [9.17, 15) is 4.21 Å². The highest BCUT2D eigenvalue weighted by molar-refractivity contribution is 7.91. The first-order valence-electron chi connectivity index (χ1n) is 4.59. The van der Waals surface area contributed by atoms with Crippen molar-refractivity contribution in [1.82, 2.24) is 4.98 Å². The summed E-state index contributed by atoms with van der Waals surface area (Å²) in [6.45, 7) is 1.94. The quantitative estimate of drug-likeness (QED) is 0.803. The maximum atomic E-state index is 11.6. The van der Waals surface area contributed by atoms with E-state index in [0.29, 0.717) is 5.03 Å². The van der Waals surface area contributed by atoms with E-state index in [1.54, 1.807) is 6.07 Å². The van der Waals surface area contributed by atoms with Crippen LogP contribution in [0.15, 0.2) is 35.4 Å². The number of aromatic nitrogens is 1. The lowest BCUT2D eigenvalue weighted by atomic mass is 10.1. The molecule has 4 heteroatoms. The zero-order valence-electron chi connectivity index (χ0n) is 8.65. The van der Waals surface area contributed by atoms with Crippen LogP contribution in [-0.4, -0.2) is 15.4 Å². The number of rotatable bonds is 1. The van der Waals surface area contributed by atoms with Crippen LogP contribution in [0.1, 0.15) is 5.56 Å². The van der Waals surface area contributed by atoms with Crippen LogP contribution in [0, 0.1) is 11.7 Å². The van der Waals surface area contributed by atoms with Crippen molar-refractivity contribution < 1.29 is 4.21 Å². The minimum atomic E-state index is -2.73. The molecule has 3 nitrogen and oxygen atoms in total. The molecule has 2 rings (SSSR count). The molecule has 1 atom stereocenters. The number of hydrogen-bond donors (Lipinski definition) is 1. The van der Waals surface area contributed by atoms with Gasteiger partial charge in [-0.2, -0.15) is 0 Å². The van der Waals surface area contributed by atoms with Crippen molar-refractivity contribution in [2.75, 3.05) is 6.26 Å². The number of aryl methyl sites for hydroxylation is 1. The van der Waals surface area contributed by atoms with E-state index < -0.39 is 9.73 Å². The summed E-state index contributed by atoms with van der Waals surface area (Å²) in [4.78, 5) is 4.24. The van der Waals surface area contributed by atoms with Gasteiger partial charge >= 0.3 is 0 Å². The van der Waals surface area contributed by atoms with Crippen LogP contribution in [0.25, 0.3) is 10.9 Å². The minimum absolute atomic E-state index is 0.360. The molecule has 0 fully saturated rings. The van der Waals surface area contributed by atoms with Crippen LogP contribution in [0.3, 0.4) is 0 Å². The predicted molar refractivity (Wildman–Crippen MR) is 61.5 cm³/mol. The Balaban J connectivity index is 2.85. The van der Waals surface area contributed by atoms with Crippen molar-refractivity contribution in [1.29, 1.82) is 4.78 Å². The molecule has 1 aromatic carbocycles. The number of para-hydroxylation sites is 1. The second kappa shape index (κ2) is 3.31. The van der Waals surface area contributed by atoms with E-state index >= 15 is 0 Å². The topological polar surface area (TPSA) is 53.8 Å². The van der Waals surface area contributed by atoms with E-state index in [0.717, 1.165) is 16.5 Å². The van der Waals surface area contributed by atoms with Gasteiger partial charge in [0.15, 0.2) is 0 Å². The van der Waals surface area contributed by atoms with Gasteiger partial charge in [-0.1, -0.05) is 18.2 Å². The fourth-order valence-electron chi connectivity index (χ4n) is 1.52. The molecule has 1 heterocycles. The highest BCUT2D eigenvalue weighted by Gasteiger charge is 2.08. The average Bonchev–Trinajstić information content (AvgIpc) is 2.16. The molecule has 0 saturated carbocycles. The van der Waals surface area contributed by atoms with E-state index in [1.807, 2.05) is 31.2 Å². The van der Waals surface area contributed by atoms with Crippen LogP contribution < -0.4 is 0 Å². The van der Waals surface area contributed by atoms with Gasteiger partial charge < -0.3 is 0 Å². The van der Waals surface area contributed by atoms with Crippen molar-refractivity contribution in [3.05, 3.63) is 35.9 Å². The van der Waals surface area contributed by atoms with Gasteiger partial charge in [0.25, 0.3) is 0 Å². The van der Waals surface area contributed by atoms with Gasteiger partial charge in [-0.15, -0.1) is 0 Å². The number of hydrogen-bond acceptors (Lipinski definition) is 3. The van der Waals surface area contributed by atoms with Crippen molar-refractivity contribution in [2.45, 2.75) is 11.9 Å². The maximum absolute atomic E-state index is 11.6. The van der Waals surface area contributed by atoms with Gasteiger partial charge in [0.2, 0.25) is 0 Å². The third-order valence-electron chi connectivity index (χ3n) is 2.30. The molecule has 2 aromatic rings. The Bertz CT molecular complexity index is 618. The first-order chi connectivity index (χ1) is 6.98. The third kappa shape index (κ3) is 1.85. The van der Waals surface area contributed by atoms with Crippen molar-refractivity contribution >= 4 is 20.6 Å². The molecule has 0 aliphatic rings. The molecule has 0 unspecified atom stereocenters. The predicted octanol–water partition coefficient (Wildman–Crippen LogP) is 2.58. The summed E-state index contributed by atoms with van der Waals surface area (Å²) in [5.41, 5.74) is 1.81. The van der Waals surface area contributed by atoms with Crippen LogP contribution in [0.2, 0.25) is 0 Å². The first-order valence-corrected chi connectivity index (χ1v) is 6.55. The Morgan fingerprint density at radius 1 is 1.33 bits per heavy atom. The lowest BCUT2D eigenvalue weighted by Crippen LogP contribution is -1.99. The Hall–Kier alpha value is -1.42. The highest BCUT2D eigenvalue weighted by atomic mass is 32.2. The average molecular weight is 220 g/mol. The Morgan fingerprint density at radius 3 is 2.67 bits per heavy atom. The van der Waals surface area contributed by atoms with Crippen LogP contribution in [-0.2, 0) is 9.73 Å². The zero-order chi connectivity index (χ0) is 11.1. The fraction of sp³-hybridized carbons (Fsp3) is 0.182. The summed E-state index contributed by atoms with van der Waals surface area (Å²) < 4.78 is 19.1. The second-order valence-electron chi connectivity index (χ2n) is 3.64. The zero-order valence-corrected chi connectivity index (χ0v) is 9.47. The fourth-order valence-corrected chi connectivity index (χ4v) is 2.19.